The molecule has 1 nitrogen and oxygen atoms in total. The molecule has 0 N–H and O–H groups in total. The Morgan fingerprint density at radius 1 is 0.246 bits per heavy atom. The molecule has 1 spiro atoms. The molecule has 0 saturated heterocycles. The summed E-state index contributed by atoms with van der Waals surface area (Å²) in [4.78, 5) is 2.49. The number of rotatable bonds is 5. The molecule has 69 heavy (non-hydrogen) atoms. The maximum Gasteiger partial charge on any atom is 0.0725 e. The lowest BCUT2D eigenvalue weighted by molar-refractivity contribution is 0.660. The second-order valence-corrected chi connectivity index (χ2v) is 19.6. The van der Waals surface area contributed by atoms with Crippen molar-refractivity contribution >= 4 is 27.8 Å². The van der Waals surface area contributed by atoms with Crippen LogP contribution in [0.3, 0.4) is 0 Å². The predicted octanol–water partition coefficient (Wildman–Crippen LogP) is 18.0. The zero-order chi connectivity index (χ0) is 45.8. The monoisotopic (exact) mass is 877 g/mol. The molecule has 0 bridgehead atoms. The molecule has 0 aliphatic heterocycles. The van der Waals surface area contributed by atoms with Crippen molar-refractivity contribution in [2.75, 3.05) is 4.90 Å². The lowest BCUT2D eigenvalue weighted by Crippen LogP contribution is -2.29. The third-order valence-corrected chi connectivity index (χ3v) is 15.7. The van der Waals surface area contributed by atoms with Crippen molar-refractivity contribution in [1.82, 2.24) is 0 Å². The maximum atomic E-state index is 2.49. The standard InChI is InChI=1S/C68H47N/c1-67(2)61-25-13-10-23-56(61)58-38-36-52(43-65(58)67)69(50-34-32-47(33-35-50)46-30-28-45(29-31-46)44-16-4-3-5-17-44)51-37-39-64-60(42-51)54-21-9-8-20-53(54)55-22-11-14-26-62(55)68(64)63-27-15-12-24-57(63)59-40-48-18-6-7-19-49(48)41-66(59)68/h3-43H,1-2H3. The van der Waals surface area contributed by atoms with Gasteiger partial charge in [0.15, 0.2) is 0 Å². The molecule has 3 aliphatic carbocycles. The first-order chi connectivity index (χ1) is 34.0. The van der Waals surface area contributed by atoms with E-state index in [1.165, 1.54) is 111 Å². The van der Waals surface area contributed by atoms with Crippen molar-refractivity contribution in [2.45, 2.75) is 24.7 Å². The van der Waals surface area contributed by atoms with E-state index >= 15 is 0 Å². The highest BCUT2D eigenvalue weighted by Gasteiger charge is 2.50. The average Bonchev–Trinajstić information content (AvgIpc) is 3.78. The largest absolute Gasteiger partial charge is 0.310 e. The van der Waals surface area contributed by atoms with Gasteiger partial charge >= 0.3 is 0 Å². The van der Waals surface area contributed by atoms with Crippen LogP contribution in [0.2, 0.25) is 0 Å². The van der Waals surface area contributed by atoms with Crippen LogP contribution in [0.4, 0.5) is 17.1 Å². The Labute approximate surface area is 404 Å². The molecule has 0 heterocycles. The summed E-state index contributed by atoms with van der Waals surface area (Å²) >= 11 is 0. The van der Waals surface area contributed by atoms with Gasteiger partial charge in [0.05, 0.1) is 5.41 Å². The Balaban J connectivity index is 0.999. The van der Waals surface area contributed by atoms with Crippen LogP contribution in [0.25, 0.3) is 77.5 Å². The van der Waals surface area contributed by atoms with E-state index in [4.69, 9.17) is 0 Å². The molecule has 0 amide bonds. The highest BCUT2D eigenvalue weighted by atomic mass is 15.1. The summed E-state index contributed by atoms with van der Waals surface area (Å²) in [7, 11) is 0. The minimum absolute atomic E-state index is 0.151. The fourth-order valence-corrected chi connectivity index (χ4v) is 12.5. The van der Waals surface area contributed by atoms with E-state index < -0.39 is 5.41 Å². The molecule has 0 radical (unpaired) electrons. The average molecular weight is 878 g/mol. The van der Waals surface area contributed by atoms with Crippen LogP contribution in [0.1, 0.15) is 47.2 Å². The first-order valence-corrected chi connectivity index (χ1v) is 24.2. The van der Waals surface area contributed by atoms with Gasteiger partial charge in [0.2, 0.25) is 0 Å². The molecule has 3 aliphatic rings. The molecular weight excluding hydrogens is 831 g/mol. The van der Waals surface area contributed by atoms with E-state index in [1.807, 2.05) is 0 Å². The van der Waals surface area contributed by atoms with Gasteiger partial charge in [-0.1, -0.05) is 214 Å². The summed E-state index contributed by atoms with van der Waals surface area (Å²) in [6.07, 6.45) is 0. The summed E-state index contributed by atoms with van der Waals surface area (Å²) in [6, 6.07) is 93.4. The van der Waals surface area contributed by atoms with Crippen molar-refractivity contribution in [3.63, 3.8) is 0 Å². The van der Waals surface area contributed by atoms with Crippen LogP contribution in [0.5, 0.6) is 0 Å². The molecule has 14 rings (SSSR count). The Morgan fingerprint density at radius 2 is 0.652 bits per heavy atom. The summed E-state index contributed by atoms with van der Waals surface area (Å²) in [6.45, 7) is 4.75. The highest BCUT2D eigenvalue weighted by Crippen LogP contribution is 2.62. The first kappa shape index (κ1) is 39.6. The smallest absolute Gasteiger partial charge is 0.0725 e. The molecule has 11 aromatic carbocycles. The summed E-state index contributed by atoms with van der Waals surface area (Å²) in [5.41, 5.74) is 25.7. The number of anilines is 3. The van der Waals surface area contributed by atoms with Crippen LogP contribution in [0.15, 0.2) is 249 Å². The summed E-state index contributed by atoms with van der Waals surface area (Å²) in [5, 5.41) is 2.51. The number of hydrogen-bond acceptors (Lipinski definition) is 1. The minimum atomic E-state index is -0.578. The van der Waals surface area contributed by atoms with Crippen molar-refractivity contribution in [3.8, 4) is 66.8 Å². The van der Waals surface area contributed by atoms with Gasteiger partial charge in [-0.05, 0) is 159 Å². The molecule has 324 valence electrons. The Hall–Kier alpha value is -8.52. The van der Waals surface area contributed by atoms with E-state index in [2.05, 4.69) is 267 Å². The summed E-state index contributed by atoms with van der Waals surface area (Å²) < 4.78 is 0. The lowest BCUT2D eigenvalue weighted by Gasteiger charge is -2.36. The molecule has 1 unspecified atom stereocenters. The number of benzene rings is 11. The van der Waals surface area contributed by atoms with Crippen LogP contribution >= 0.6 is 0 Å². The topological polar surface area (TPSA) is 3.24 Å². The van der Waals surface area contributed by atoms with E-state index in [9.17, 15) is 0 Å². The molecule has 0 aromatic heterocycles. The number of fused-ring (bicyclic) bond motifs is 16. The van der Waals surface area contributed by atoms with Gasteiger partial charge in [0, 0.05) is 22.5 Å². The van der Waals surface area contributed by atoms with Gasteiger partial charge in [0.25, 0.3) is 0 Å². The molecule has 1 heteroatoms. The Morgan fingerprint density at radius 3 is 1.30 bits per heavy atom. The first-order valence-electron chi connectivity index (χ1n) is 24.2. The second kappa shape index (κ2) is 15.0. The molecule has 11 aromatic rings. The third-order valence-electron chi connectivity index (χ3n) is 15.7. The normalized spacial score (nSPS) is 15.3. The number of hydrogen-bond donors (Lipinski definition) is 0. The van der Waals surface area contributed by atoms with E-state index in [1.54, 1.807) is 0 Å². The zero-order valence-corrected chi connectivity index (χ0v) is 38.6. The van der Waals surface area contributed by atoms with Crippen molar-refractivity contribution in [3.05, 3.63) is 282 Å². The molecule has 0 fully saturated rings. The van der Waals surface area contributed by atoms with Gasteiger partial charge in [-0.15, -0.1) is 0 Å². The summed E-state index contributed by atoms with van der Waals surface area (Å²) in [5.74, 6) is 0. The van der Waals surface area contributed by atoms with Gasteiger partial charge < -0.3 is 4.90 Å². The van der Waals surface area contributed by atoms with Gasteiger partial charge in [-0.25, -0.2) is 0 Å². The predicted molar refractivity (Wildman–Crippen MR) is 289 cm³/mol. The van der Waals surface area contributed by atoms with E-state index in [0.29, 0.717) is 0 Å². The van der Waals surface area contributed by atoms with Crippen molar-refractivity contribution < 1.29 is 0 Å². The Kier molecular flexibility index (Phi) is 8.61. The van der Waals surface area contributed by atoms with Crippen LogP contribution < -0.4 is 4.90 Å². The van der Waals surface area contributed by atoms with Gasteiger partial charge in [0.1, 0.15) is 0 Å². The van der Waals surface area contributed by atoms with Crippen molar-refractivity contribution in [2.24, 2.45) is 0 Å². The second-order valence-electron chi connectivity index (χ2n) is 19.6. The number of nitrogens with zero attached hydrogens (tertiary/aromatic N) is 1. The quantitative estimate of drug-likeness (QED) is 0.166. The fourth-order valence-electron chi connectivity index (χ4n) is 12.5. The molecule has 0 saturated carbocycles. The highest BCUT2D eigenvalue weighted by molar-refractivity contribution is 6.01. The molecular formula is C68H47N. The van der Waals surface area contributed by atoms with Gasteiger partial charge in [-0.3, -0.25) is 0 Å². The van der Waals surface area contributed by atoms with E-state index in [0.717, 1.165) is 17.1 Å². The fraction of sp³-hybridized carbons (Fsp3) is 0.0588. The van der Waals surface area contributed by atoms with Crippen LogP contribution in [-0.2, 0) is 10.8 Å². The maximum absolute atomic E-state index is 2.49. The minimum Gasteiger partial charge on any atom is -0.310 e. The van der Waals surface area contributed by atoms with Crippen LogP contribution in [0, 0.1) is 0 Å². The third kappa shape index (κ3) is 5.77. The van der Waals surface area contributed by atoms with Crippen LogP contribution in [-0.4, -0.2) is 0 Å². The zero-order valence-electron chi connectivity index (χ0n) is 38.6. The lowest BCUT2D eigenvalue weighted by atomic mass is 9.65. The SMILES string of the molecule is CC1(C)c2ccccc2-c2ccc(N(c3ccc(-c4ccc(-c5ccccc5)cc4)cc3)c3ccc4c(c3)-c3ccccc3-c3ccccc3C43c4ccccc4-c4cc5ccccc5cc43)cc21. The van der Waals surface area contributed by atoms with E-state index in [-0.39, 0.29) is 5.41 Å². The van der Waals surface area contributed by atoms with Gasteiger partial charge in [-0.2, -0.15) is 0 Å². The Bertz CT molecular complexity index is 3860. The molecule has 1 atom stereocenters. The van der Waals surface area contributed by atoms with Crippen molar-refractivity contribution in [1.29, 1.82) is 0 Å².